The van der Waals surface area contributed by atoms with Gasteiger partial charge in [0.25, 0.3) is 0 Å². The minimum absolute atomic E-state index is 0.0688. The van der Waals surface area contributed by atoms with Crippen LogP contribution in [0, 0.1) is 5.82 Å². The van der Waals surface area contributed by atoms with Crippen LogP contribution in [0.3, 0.4) is 0 Å². The molecule has 0 aliphatic heterocycles. The summed E-state index contributed by atoms with van der Waals surface area (Å²) in [5.74, 6) is -0.0688. The predicted molar refractivity (Wildman–Crippen MR) is 88.4 cm³/mol. The number of anilines is 1. The number of nitrogens with one attached hydrogen (secondary N) is 1. The van der Waals surface area contributed by atoms with Crippen molar-refractivity contribution >= 4 is 5.69 Å². The Morgan fingerprint density at radius 2 is 2.05 bits per heavy atom. The minimum Gasteiger partial charge on any atom is -0.366 e. The van der Waals surface area contributed by atoms with E-state index in [1.807, 2.05) is 6.07 Å². The molecule has 1 aliphatic rings. The highest BCUT2D eigenvalue weighted by Gasteiger charge is 2.32. The number of hydrogen-bond acceptors (Lipinski definition) is 2. The Balaban J connectivity index is 2.26. The second-order valence-electron chi connectivity index (χ2n) is 6.13. The van der Waals surface area contributed by atoms with E-state index in [0.29, 0.717) is 6.04 Å². The first-order valence-electron chi connectivity index (χ1n) is 8.47. The number of benzene rings is 1. The molecule has 1 aliphatic carbocycles. The molecule has 118 valence electrons. The van der Waals surface area contributed by atoms with Crippen molar-refractivity contribution in [3.63, 3.8) is 0 Å². The fourth-order valence-electron chi connectivity index (χ4n) is 2.85. The quantitative estimate of drug-likeness (QED) is 0.712. The molecule has 0 heterocycles. The van der Waals surface area contributed by atoms with Crippen LogP contribution in [0.4, 0.5) is 10.1 Å². The first-order chi connectivity index (χ1) is 10.2. The van der Waals surface area contributed by atoms with E-state index >= 15 is 0 Å². The Bertz CT molecular complexity index is 443. The average molecular weight is 292 g/mol. The van der Waals surface area contributed by atoms with Crippen LogP contribution in [0.2, 0.25) is 0 Å². The third-order valence-electron chi connectivity index (χ3n) is 4.21. The summed E-state index contributed by atoms with van der Waals surface area (Å²) in [7, 11) is 0. The van der Waals surface area contributed by atoms with Crippen molar-refractivity contribution < 1.29 is 4.39 Å². The van der Waals surface area contributed by atoms with Gasteiger partial charge in [0.05, 0.1) is 5.69 Å². The maximum atomic E-state index is 14.5. The van der Waals surface area contributed by atoms with Crippen LogP contribution in [-0.4, -0.2) is 19.1 Å². The van der Waals surface area contributed by atoms with E-state index < -0.39 is 0 Å². The van der Waals surface area contributed by atoms with Crippen molar-refractivity contribution in [1.82, 2.24) is 5.32 Å². The van der Waals surface area contributed by atoms with Crippen molar-refractivity contribution in [2.45, 2.75) is 65.0 Å². The van der Waals surface area contributed by atoms with E-state index in [1.165, 1.54) is 12.8 Å². The number of rotatable bonds is 9. The van der Waals surface area contributed by atoms with Crippen molar-refractivity contribution in [3.05, 3.63) is 29.6 Å². The van der Waals surface area contributed by atoms with E-state index in [0.717, 1.165) is 43.6 Å². The molecule has 3 heteroatoms. The molecule has 1 atom stereocenters. The van der Waals surface area contributed by atoms with Crippen LogP contribution in [0.15, 0.2) is 18.2 Å². The van der Waals surface area contributed by atoms with Crippen LogP contribution in [0.1, 0.15) is 64.5 Å². The number of unbranched alkanes of at least 4 members (excludes halogenated alkanes) is 1. The highest BCUT2D eigenvalue weighted by atomic mass is 19.1. The molecule has 2 rings (SSSR count). The zero-order valence-corrected chi connectivity index (χ0v) is 13.7. The molecule has 21 heavy (non-hydrogen) atoms. The zero-order valence-electron chi connectivity index (χ0n) is 13.7. The molecule has 0 spiro atoms. The van der Waals surface area contributed by atoms with E-state index in [-0.39, 0.29) is 11.9 Å². The molecule has 1 aromatic carbocycles. The highest BCUT2D eigenvalue weighted by molar-refractivity contribution is 5.57. The van der Waals surface area contributed by atoms with E-state index in [4.69, 9.17) is 0 Å². The van der Waals surface area contributed by atoms with Gasteiger partial charge in [-0.3, -0.25) is 0 Å². The second-order valence-corrected chi connectivity index (χ2v) is 6.13. The fourth-order valence-corrected chi connectivity index (χ4v) is 2.85. The lowest BCUT2D eigenvalue weighted by atomic mass is 10.0. The molecule has 1 aromatic rings. The van der Waals surface area contributed by atoms with Gasteiger partial charge in [-0.15, -0.1) is 0 Å². The fraction of sp³-hybridized carbons (Fsp3) is 0.667. The molecular weight excluding hydrogens is 263 g/mol. The third kappa shape index (κ3) is 4.19. The van der Waals surface area contributed by atoms with Gasteiger partial charge in [0, 0.05) is 18.6 Å². The van der Waals surface area contributed by atoms with Crippen molar-refractivity contribution in [2.24, 2.45) is 0 Å². The van der Waals surface area contributed by atoms with Crippen molar-refractivity contribution in [3.8, 4) is 0 Å². The van der Waals surface area contributed by atoms with Gasteiger partial charge in [0.1, 0.15) is 5.82 Å². The molecule has 1 unspecified atom stereocenters. The normalized spacial score (nSPS) is 16.0. The summed E-state index contributed by atoms with van der Waals surface area (Å²) < 4.78 is 14.5. The zero-order chi connectivity index (χ0) is 15.2. The summed E-state index contributed by atoms with van der Waals surface area (Å²) in [6.07, 6.45) is 5.78. The summed E-state index contributed by atoms with van der Waals surface area (Å²) in [6.45, 7) is 8.42. The van der Waals surface area contributed by atoms with Gasteiger partial charge in [-0.25, -0.2) is 4.39 Å². The van der Waals surface area contributed by atoms with Crippen LogP contribution in [0.5, 0.6) is 0 Å². The third-order valence-corrected chi connectivity index (χ3v) is 4.21. The standard InChI is InChI=1S/C18H29FN2/c1-4-6-13-21(15-10-11-15)18-16(8-7-9-17(18)19)14(3)20-12-5-2/h7-9,14-15,20H,4-6,10-13H2,1-3H3. The lowest BCUT2D eigenvalue weighted by Crippen LogP contribution is -2.30. The number of para-hydroxylation sites is 1. The highest BCUT2D eigenvalue weighted by Crippen LogP contribution is 2.37. The summed E-state index contributed by atoms with van der Waals surface area (Å²) in [5.41, 5.74) is 1.94. The van der Waals surface area contributed by atoms with E-state index in [9.17, 15) is 4.39 Å². The van der Waals surface area contributed by atoms with Gasteiger partial charge in [-0.05, 0) is 50.8 Å². The van der Waals surface area contributed by atoms with Gasteiger partial charge in [-0.2, -0.15) is 0 Å². The monoisotopic (exact) mass is 292 g/mol. The Kier molecular flexibility index (Phi) is 6.04. The molecule has 1 N–H and O–H groups in total. The molecule has 0 aromatic heterocycles. The summed E-state index contributed by atoms with van der Waals surface area (Å²) in [6, 6.07) is 6.26. The maximum absolute atomic E-state index is 14.5. The topological polar surface area (TPSA) is 15.3 Å². The van der Waals surface area contributed by atoms with Crippen LogP contribution in [0.25, 0.3) is 0 Å². The molecular formula is C18H29FN2. The lowest BCUT2D eigenvalue weighted by Gasteiger charge is -2.29. The van der Waals surface area contributed by atoms with Gasteiger partial charge in [-0.1, -0.05) is 32.4 Å². The Labute approximate surface area is 128 Å². The lowest BCUT2D eigenvalue weighted by molar-refractivity contribution is 0.555. The maximum Gasteiger partial charge on any atom is 0.146 e. The van der Waals surface area contributed by atoms with Gasteiger partial charge >= 0.3 is 0 Å². The SMILES string of the molecule is CCCCN(c1c(F)cccc1C(C)NCCC)C1CC1. The largest absolute Gasteiger partial charge is 0.366 e. The first kappa shape index (κ1) is 16.3. The van der Waals surface area contributed by atoms with Crippen molar-refractivity contribution in [1.29, 1.82) is 0 Å². The van der Waals surface area contributed by atoms with Crippen molar-refractivity contribution in [2.75, 3.05) is 18.0 Å². The minimum atomic E-state index is -0.0688. The van der Waals surface area contributed by atoms with Gasteiger partial charge in [0.2, 0.25) is 0 Å². The van der Waals surface area contributed by atoms with Crippen LogP contribution >= 0.6 is 0 Å². The van der Waals surface area contributed by atoms with Gasteiger partial charge < -0.3 is 10.2 Å². The first-order valence-corrected chi connectivity index (χ1v) is 8.47. The van der Waals surface area contributed by atoms with E-state index in [2.05, 4.69) is 37.1 Å². The van der Waals surface area contributed by atoms with Gasteiger partial charge in [0.15, 0.2) is 0 Å². The van der Waals surface area contributed by atoms with Crippen LogP contribution < -0.4 is 10.2 Å². The number of nitrogens with zero attached hydrogens (tertiary/aromatic N) is 1. The molecule has 0 radical (unpaired) electrons. The molecule has 2 nitrogen and oxygen atoms in total. The van der Waals surface area contributed by atoms with E-state index in [1.54, 1.807) is 6.07 Å². The predicted octanol–water partition coefficient (Wildman–Crippen LogP) is 4.66. The molecule has 1 saturated carbocycles. The Hall–Kier alpha value is -1.09. The number of halogens is 1. The summed E-state index contributed by atoms with van der Waals surface area (Å²) in [4.78, 5) is 2.32. The summed E-state index contributed by atoms with van der Waals surface area (Å²) in [5, 5.41) is 3.49. The molecule has 1 fully saturated rings. The number of hydrogen-bond donors (Lipinski definition) is 1. The Morgan fingerprint density at radius 3 is 2.67 bits per heavy atom. The summed E-state index contributed by atoms with van der Waals surface area (Å²) >= 11 is 0. The molecule has 0 saturated heterocycles. The van der Waals surface area contributed by atoms with Crippen LogP contribution in [-0.2, 0) is 0 Å². The molecule has 0 amide bonds. The average Bonchev–Trinajstić information content (AvgIpc) is 3.31. The Morgan fingerprint density at radius 1 is 1.29 bits per heavy atom. The molecule has 0 bridgehead atoms. The second kappa shape index (κ2) is 7.79. The smallest absolute Gasteiger partial charge is 0.146 e.